The first kappa shape index (κ1) is 17.7. The van der Waals surface area contributed by atoms with Gasteiger partial charge in [-0.25, -0.2) is 14.0 Å². The molecule has 128 valence electrons. The number of rotatable bonds is 4. The van der Waals surface area contributed by atoms with E-state index in [1.807, 2.05) is 0 Å². The molecule has 24 heavy (non-hydrogen) atoms. The minimum atomic E-state index is -1.18. The quantitative estimate of drug-likeness (QED) is 0.857. The number of anilines is 1. The molecule has 0 aliphatic heterocycles. The first-order chi connectivity index (χ1) is 11.1. The second-order valence-electron chi connectivity index (χ2n) is 5.67. The molecular formula is C15H15FN2O5S. The lowest BCUT2D eigenvalue weighted by Crippen LogP contribution is -2.27. The van der Waals surface area contributed by atoms with Crippen LogP contribution < -0.4 is 10.1 Å². The Bertz CT molecular complexity index is 769. The maximum absolute atomic E-state index is 14.0. The number of halogens is 1. The largest absolute Gasteiger partial charge is 0.476 e. The molecular weight excluding hydrogens is 339 g/mol. The molecule has 0 aliphatic carbocycles. The fourth-order valence-corrected chi connectivity index (χ4v) is 2.24. The molecule has 0 aliphatic rings. The number of ether oxygens (including phenoxy) is 2. The average Bonchev–Trinajstić information content (AvgIpc) is 2.88. The first-order valence-electron chi connectivity index (χ1n) is 6.80. The third kappa shape index (κ3) is 4.92. The normalized spacial score (nSPS) is 11.0. The summed E-state index contributed by atoms with van der Waals surface area (Å²) in [5, 5.41) is 12.5. The summed E-state index contributed by atoms with van der Waals surface area (Å²) in [7, 11) is 0. The Morgan fingerprint density at radius 2 is 2.04 bits per heavy atom. The highest BCUT2D eigenvalue weighted by Gasteiger charge is 2.18. The van der Waals surface area contributed by atoms with Gasteiger partial charge in [0.1, 0.15) is 11.4 Å². The van der Waals surface area contributed by atoms with Gasteiger partial charge in [0.25, 0.3) is 5.19 Å². The van der Waals surface area contributed by atoms with Crippen LogP contribution in [0.2, 0.25) is 0 Å². The van der Waals surface area contributed by atoms with Gasteiger partial charge in [0.2, 0.25) is 0 Å². The number of amides is 1. The van der Waals surface area contributed by atoms with E-state index >= 15 is 0 Å². The Labute approximate surface area is 141 Å². The number of aromatic nitrogens is 1. The zero-order valence-corrected chi connectivity index (χ0v) is 13.9. The molecule has 0 spiro atoms. The van der Waals surface area contributed by atoms with Crippen molar-refractivity contribution in [3.63, 3.8) is 0 Å². The van der Waals surface area contributed by atoms with Gasteiger partial charge in [0.05, 0.1) is 5.69 Å². The van der Waals surface area contributed by atoms with Gasteiger partial charge < -0.3 is 14.6 Å². The van der Waals surface area contributed by atoms with E-state index < -0.39 is 23.5 Å². The predicted octanol–water partition coefficient (Wildman–Crippen LogP) is 4.12. The van der Waals surface area contributed by atoms with Crippen molar-refractivity contribution in [3.8, 4) is 10.9 Å². The van der Waals surface area contributed by atoms with Crippen LogP contribution in [-0.4, -0.2) is 27.8 Å². The minimum Gasteiger partial charge on any atom is -0.476 e. The number of hydrogen-bond donors (Lipinski definition) is 2. The minimum absolute atomic E-state index is 0.0676. The van der Waals surface area contributed by atoms with Crippen LogP contribution in [0.15, 0.2) is 23.6 Å². The van der Waals surface area contributed by atoms with Crippen molar-refractivity contribution in [3.05, 3.63) is 35.1 Å². The molecule has 7 nitrogen and oxygen atoms in total. The fourth-order valence-electron chi connectivity index (χ4n) is 1.58. The van der Waals surface area contributed by atoms with Gasteiger partial charge in [-0.3, -0.25) is 5.32 Å². The smallest absolute Gasteiger partial charge is 0.412 e. The molecule has 0 saturated heterocycles. The van der Waals surface area contributed by atoms with E-state index in [1.165, 1.54) is 17.5 Å². The number of nitrogens with one attached hydrogen (secondary N) is 1. The van der Waals surface area contributed by atoms with E-state index in [0.717, 1.165) is 17.4 Å². The molecule has 0 atom stereocenters. The number of aromatic carboxylic acids is 1. The molecule has 1 aromatic heterocycles. The molecule has 0 unspecified atom stereocenters. The van der Waals surface area contributed by atoms with Crippen molar-refractivity contribution in [1.29, 1.82) is 0 Å². The molecule has 2 rings (SSSR count). The van der Waals surface area contributed by atoms with Crippen molar-refractivity contribution in [2.75, 3.05) is 5.32 Å². The van der Waals surface area contributed by atoms with Crippen molar-refractivity contribution >= 4 is 29.1 Å². The standard InChI is InChI=1S/C15H15FN2O5S/c1-15(2,3)23-13(21)17-10-5-4-8(6-9(10)16)22-14-18-11(7-24-14)12(19)20/h4-7H,1-3H3,(H,17,21)(H,19,20). The van der Waals surface area contributed by atoms with Gasteiger partial charge in [-0.05, 0) is 32.9 Å². The Hall–Kier alpha value is -2.68. The van der Waals surface area contributed by atoms with Crippen LogP contribution >= 0.6 is 11.3 Å². The van der Waals surface area contributed by atoms with Gasteiger partial charge in [-0.1, -0.05) is 11.3 Å². The predicted molar refractivity (Wildman–Crippen MR) is 85.4 cm³/mol. The lowest BCUT2D eigenvalue weighted by molar-refractivity contribution is 0.0633. The number of carbonyl (C=O) groups excluding carboxylic acids is 1. The van der Waals surface area contributed by atoms with Crippen molar-refractivity contribution in [2.24, 2.45) is 0 Å². The van der Waals surface area contributed by atoms with Crippen LogP contribution in [0.1, 0.15) is 31.3 Å². The van der Waals surface area contributed by atoms with E-state index in [-0.39, 0.29) is 22.3 Å². The zero-order chi connectivity index (χ0) is 17.9. The van der Waals surface area contributed by atoms with Crippen molar-refractivity contribution < 1.29 is 28.6 Å². The Balaban J connectivity index is 2.06. The van der Waals surface area contributed by atoms with Crippen molar-refractivity contribution in [2.45, 2.75) is 26.4 Å². The summed E-state index contributed by atoms with van der Waals surface area (Å²) in [4.78, 5) is 26.1. The van der Waals surface area contributed by atoms with E-state index in [1.54, 1.807) is 20.8 Å². The third-order valence-corrected chi connectivity index (χ3v) is 3.20. The van der Waals surface area contributed by atoms with Crippen molar-refractivity contribution in [1.82, 2.24) is 4.98 Å². The number of carboxylic acid groups (broad SMARTS) is 1. The Morgan fingerprint density at radius 3 is 2.58 bits per heavy atom. The van der Waals surface area contributed by atoms with Crippen LogP contribution in [0, 0.1) is 5.82 Å². The van der Waals surface area contributed by atoms with E-state index in [0.29, 0.717) is 0 Å². The van der Waals surface area contributed by atoms with Crippen LogP contribution in [0.5, 0.6) is 10.9 Å². The second kappa shape index (κ2) is 6.83. The number of hydrogen-bond acceptors (Lipinski definition) is 6. The van der Waals surface area contributed by atoms with Gasteiger partial charge in [-0.2, -0.15) is 4.98 Å². The maximum atomic E-state index is 14.0. The summed E-state index contributed by atoms with van der Waals surface area (Å²) in [6.45, 7) is 5.08. The maximum Gasteiger partial charge on any atom is 0.412 e. The SMILES string of the molecule is CC(C)(C)OC(=O)Nc1ccc(Oc2nc(C(=O)O)cs2)cc1F. The molecule has 2 aromatic rings. The van der Waals surface area contributed by atoms with Crippen LogP contribution in [0.3, 0.4) is 0 Å². The lowest BCUT2D eigenvalue weighted by atomic mass is 10.2. The number of benzene rings is 1. The summed E-state index contributed by atoms with van der Waals surface area (Å²) in [6.07, 6.45) is -0.777. The molecule has 1 amide bonds. The number of carbonyl (C=O) groups is 2. The van der Waals surface area contributed by atoms with E-state index in [9.17, 15) is 14.0 Å². The third-order valence-electron chi connectivity index (χ3n) is 2.48. The lowest BCUT2D eigenvalue weighted by Gasteiger charge is -2.19. The topological polar surface area (TPSA) is 97.8 Å². The van der Waals surface area contributed by atoms with Gasteiger partial charge >= 0.3 is 12.1 Å². The summed E-state index contributed by atoms with van der Waals surface area (Å²) < 4.78 is 24.3. The molecule has 9 heteroatoms. The molecule has 1 heterocycles. The zero-order valence-electron chi connectivity index (χ0n) is 13.1. The highest BCUT2D eigenvalue weighted by Crippen LogP contribution is 2.28. The van der Waals surface area contributed by atoms with Gasteiger partial charge in [0, 0.05) is 11.4 Å². The Kier molecular flexibility index (Phi) is 5.03. The highest BCUT2D eigenvalue weighted by molar-refractivity contribution is 7.11. The fraction of sp³-hybridized carbons (Fsp3) is 0.267. The van der Waals surface area contributed by atoms with Gasteiger partial charge in [0.15, 0.2) is 11.5 Å². The monoisotopic (exact) mass is 354 g/mol. The molecule has 2 N–H and O–H groups in total. The number of thiazole rings is 1. The molecule has 0 bridgehead atoms. The van der Waals surface area contributed by atoms with Crippen LogP contribution in [0.4, 0.5) is 14.9 Å². The Morgan fingerprint density at radius 1 is 1.33 bits per heavy atom. The second-order valence-corrected chi connectivity index (χ2v) is 6.50. The summed E-state index contributed by atoms with van der Waals surface area (Å²) in [5.41, 5.74) is -0.920. The van der Waals surface area contributed by atoms with Gasteiger partial charge in [-0.15, -0.1) is 0 Å². The van der Waals surface area contributed by atoms with Crippen LogP contribution in [-0.2, 0) is 4.74 Å². The summed E-state index contributed by atoms with van der Waals surface area (Å²) >= 11 is 0.973. The van der Waals surface area contributed by atoms with Crippen LogP contribution in [0.25, 0.3) is 0 Å². The highest BCUT2D eigenvalue weighted by atomic mass is 32.1. The average molecular weight is 354 g/mol. The number of carboxylic acids is 1. The van der Waals surface area contributed by atoms with E-state index in [2.05, 4.69) is 10.3 Å². The van der Waals surface area contributed by atoms with E-state index in [4.69, 9.17) is 14.6 Å². The molecule has 0 saturated carbocycles. The molecule has 0 fully saturated rings. The summed E-state index contributed by atoms with van der Waals surface area (Å²) in [5.74, 6) is -1.79. The molecule has 0 radical (unpaired) electrons. The summed E-state index contributed by atoms with van der Waals surface area (Å²) in [6, 6.07) is 3.77. The number of nitrogens with zero attached hydrogens (tertiary/aromatic N) is 1. The molecule has 1 aromatic carbocycles. The first-order valence-corrected chi connectivity index (χ1v) is 7.68.